The van der Waals surface area contributed by atoms with Crippen LogP contribution in [0.15, 0.2) is 18.2 Å². The second-order valence-electron chi connectivity index (χ2n) is 4.85. The maximum atomic E-state index is 13.3. The molecule has 1 aromatic rings. The normalized spacial score (nSPS) is 15.5. The lowest BCUT2D eigenvalue weighted by atomic mass is 10.2. The molecule has 1 aliphatic rings. The Kier molecular flexibility index (Phi) is 4.71. The zero-order chi connectivity index (χ0) is 13.7. The Morgan fingerprint density at radius 2 is 2.00 bits per heavy atom. The number of rotatable bonds is 5. The van der Waals surface area contributed by atoms with Crippen molar-refractivity contribution in [3.63, 3.8) is 0 Å². The van der Waals surface area contributed by atoms with E-state index in [-0.39, 0.29) is 18.0 Å². The van der Waals surface area contributed by atoms with Gasteiger partial charge in [-0.25, -0.2) is 8.78 Å². The van der Waals surface area contributed by atoms with Crippen molar-refractivity contribution in [1.82, 2.24) is 5.32 Å². The number of hydrogen-bond donors (Lipinski definition) is 2. The summed E-state index contributed by atoms with van der Waals surface area (Å²) in [6.07, 6.45) is 4.72. The van der Waals surface area contributed by atoms with Crippen molar-refractivity contribution in [1.29, 1.82) is 0 Å². The third-order valence-electron chi connectivity index (χ3n) is 3.32. The summed E-state index contributed by atoms with van der Waals surface area (Å²) in [5.41, 5.74) is 0.218. The van der Waals surface area contributed by atoms with Crippen molar-refractivity contribution >= 4 is 11.6 Å². The molecule has 0 radical (unpaired) electrons. The van der Waals surface area contributed by atoms with Crippen molar-refractivity contribution in [3.05, 3.63) is 29.8 Å². The van der Waals surface area contributed by atoms with Crippen LogP contribution in [-0.2, 0) is 4.79 Å². The topological polar surface area (TPSA) is 41.1 Å². The first kappa shape index (κ1) is 13.8. The van der Waals surface area contributed by atoms with Gasteiger partial charge in [0.05, 0.1) is 5.69 Å². The first-order valence-electron chi connectivity index (χ1n) is 6.63. The number of amides is 1. The van der Waals surface area contributed by atoms with Crippen LogP contribution in [0.1, 0.15) is 32.1 Å². The van der Waals surface area contributed by atoms with Crippen LogP contribution in [0.2, 0.25) is 0 Å². The Morgan fingerprint density at radius 1 is 1.26 bits per heavy atom. The van der Waals surface area contributed by atoms with Gasteiger partial charge in [0.1, 0.15) is 11.6 Å². The summed E-state index contributed by atoms with van der Waals surface area (Å²) in [5.74, 6) is -1.28. The van der Waals surface area contributed by atoms with E-state index in [1.54, 1.807) is 0 Å². The Balaban J connectivity index is 1.72. The van der Waals surface area contributed by atoms with Crippen LogP contribution < -0.4 is 10.6 Å². The third-order valence-corrected chi connectivity index (χ3v) is 3.32. The Hall–Kier alpha value is -1.65. The van der Waals surface area contributed by atoms with Gasteiger partial charge in [0.15, 0.2) is 0 Å². The molecule has 0 saturated heterocycles. The second-order valence-corrected chi connectivity index (χ2v) is 4.85. The minimum absolute atomic E-state index is 0.0260. The molecule has 0 heterocycles. The highest BCUT2D eigenvalue weighted by Gasteiger charge is 2.16. The zero-order valence-corrected chi connectivity index (χ0v) is 10.7. The highest BCUT2D eigenvalue weighted by Crippen LogP contribution is 2.18. The predicted octanol–water partition coefficient (Wildman–Crippen LogP) is 2.83. The number of anilines is 1. The summed E-state index contributed by atoms with van der Waals surface area (Å²) in [4.78, 5) is 11.6. The average Bonchev–Trinajstić information content (AvgIpc) is 2.84. The summed E-state index contributed by atoms with van der Waals surface area (Å²) >= 11 is 0. The smallest absolute Gasteiger partial charge is 0.221 e. The van der Waals surface area contributed by atoms with Gasteiger partial charge in [-0.2, -0.15) is 0 Å². The lowest BCUT2D eigenvalue weighted by Gasteiger charge is -2.12. The van der Waals surface area contributed by atoms with Crippen molar-refractivity contribution in [2.24, 2.45) is 0 Å². The molecule has 0 atom stereocenters. The van der Waals surface area contributed by atoms with Crippen molar-refractivity contribution in [2.45, 2.75) is 38.1 Å². The van der Waals surface area contributed by atoms with Crippen LogP contribution in [0.25, 0.3) is 0 Å². The number of carbonyl (C=O) groups excluding carboxylic acids is 1. The highest BCUT2D eigenvalue weighted by atomic mass is 19.1. The summed E-state index contributed by atoms with van der Waals surface area (Å²) in [7, 11) is 0. The summed E-state index contributed by atoms with van der Waals surface area (Å²) in [5, 5.41) is 5.75. The van der Waals surface area contributed by atoms with Crippen LogP contribution >= 0.6 is 0 Å². The molecule has 2 rings (SSSR count). The molecule has 1 fully saturated rings. The largest absolute Gasteiger partial charge is 0.382 e. The summed E-state index contributed by atoms with van der Waals surface area (Å²) in [6, 6.07) is 3.64. The number of benzene rings is 1. The van der Waals surface area contributed by atoms with Crippen LogP contribution in [0.4, 0.5) is 14.5 Å². The molecule has 0 bridgehead atoms. The summed E-state index contributed by atoms with van der Waals surface area (Å²) in [6.45, 7) is 0.334. The molecule has 0 unspecified atom stereocenters. The molecule has 0 aromatic heterocycles. The van der Waals surface area contributed by atoms with Gasteiger partial charge in [-0.1, -0.05) is 12.8 Å². The molecular formula is C14H18F2N2O. The van der Waals surface area contributed by atoms with E-state index in [2.05, 4.69) is 10.6 Å². The number of hydrogen-bond acceptors (Lipinski definition) is 2. The van der Waals surface area contributed by atoms with Gasteiger partial charge in [0.2, 0.25) is 5.91 Å². The standard InChI is InChI=1S/C14H18F2N2O/c15-10-5-6-13(12(16)9-10)17-8-7-14(19)18-11-3-1-2-4-11/h5-6,9,11,17H,1-4,7-8H2,(H,18,19). The van der Waals surface area contributed by atoms with Gasteiger partial charge in [0.25, 0.3) is 0 Å². The first-order valence-corrected chi connectivity index (χ1v) is 6.63. The van der Waals surface area contributed by atoms with Crippen molar-refractivity contribution in [3.8, 4) is 0 Å². The molecular weight excluding hydrogens is 250 g/mol. The third kappa shape index (κ3) is 4.19. The molecule has 1 saturated carbocycles. The maximum absolute atomic E-state index is 13.3. The van der Waals surface area contributed by atoms with E-state index in [1.165, 1.54) is 25.0 Å². The number of nitrogens with one attached hydrogen (secondary N) is 2. The molecule has 3 nitrogen and oxygen atoms in total. The number of halogens is 2. The average molecular weight is 268 g/mol. The molecule has 19 heavy (non-hydrogen) atoms. The molecule has 0 spiro atoms. The Labute approximate surface area is 111 Å². The Morgan fingerprint density at radius 3 is 2.68 bits per heavy atom. The van der Waals surface area contributed by atoms with Crippen LogP contribution in [0.5, 0.6) is 0 Å². The monoisotopic (exact) mass is 268 g/mol. The molecule has 1 aliphatic carbocycles. The second kappa shape index (κ2) is 6.50. The number of carbonyl (C=O) groups is 1. The minimum Gasteiger partial charge on any atom is -0.382 e. The van der Waals surface area contributed by atoms with Crippen molar-refractivity contribution in [2.75, 3.05) is 11.9 Å². The molecule has 1 amide bonds. The summed E-state index contributed by atoms with van der Waals surface area (Å²) < 4.78 is 26.0. The fourth-order valence-corrected chi connectivity index (χ4v) is 2.31. The Bertz CT molecular complexity index is 445. The van der Waals surface area contributed by atoms with E-state index >= 15 is 0 Å². The van der Waals surface area contributed by atoms with Gasteiger partial charge < -0.3 is 10.6 Å². The first-order chi connectivity index (χ1) is 9.15. The van der Waals surface area contributed by atoms with E-state index < -0.39 is 11.6 Å². The van der Waals surface area contributed by atoms with Gasteiger partial charge in [-0.15, -0.1) is 0 Å². The van der Waals surface area contributed by atoms with Gasteiger partial charge in [-0.05, 0) is 25.0 Å². The molecule has 104 valence electrons. The van der Waals surface area contributed by atoms with Crippen LogP contribution in [0, 0.1) is 11.6 Å². The van der Waals surface area contributed by atoms with Crippen LogP contribution in [-0.4, -0.2) is 18.5 Å². The van der Waals surface area contributed by atoms with Gasteiger partial charge >= 0.3 is 0 Å². The fourth-order valence-electron chi connectivity index (χ4n) is 2.31. The quantitative estimate of drug-likeness (QED) is 0.862. The van der Waals surface area contributed by atoms with E-state index in [4.69, 9.17) is 0 Å². The minimum atomic E-state index is -0.642. The highest BCUT2D eigenvalue weighted by molar-refractivity contribution is 5.76. The van der Waals surface area contributed by atoms with Crippen LogP contribution in [0.3, 0.4) is 0 Å². The van der Waals surface area contributed by atoms with E-state index in [0.29, 0.717) is 12.6 Å². The lowest BCUT2D eigenvalue weighted by molar-refractivity contribution is -0.121. The van der Waals surface area contributed by atoms with E-state index in [0.717, 1.165) is 18.9 Å². The predicted molar refractivity (Wildman–Crippen MR) is 69.9 cm³/mol. The molecule has 1 aromatic carbocycles. The van der Waals surface area contributed by atoms with Gasteiger partial charge in [-0.3, -0.25) is 4.79 Å². The van der Waals surface area contributed by atoms with Crippen molar-refractivity contribution < 1.29 is 13.6 Å². The van der Waals surface area contributed by atoms with E-state index in [1.807, 2.05) is 0 Å². The lowest BCUT2D eigenvalue weighted by Crippen LogP contribution is -2.33. The zero-order valence-electron chi connectivity index (χ0n) is 10.7. The molecule has 2 N–H and O–H groups in total. The van der Waals surface area contributed by atoms with E-state index in [9.17, 15) is 13.6 Å². The SMILES string of the molecule is O=C(CCNc1ccc(F)cc1F)NC1CCCC1. The maximum Gasteiger partial charge on any atom is 0.221 e. The fraction of sp³-hybridized carbons (Fsp3) is 0.500. The van der Waals surface area contributed by atoms with Gasteiger partial charge in [0, 0.05) is 25.1 Å². The molecule has 0 aliphatic heterocycles. The molecule has 5 heteroatoms.